The van der Waals surface area contributed by atoms with Gasteiger partial charge in [0.1, 0.15) is 6.04 Å². The van der Waals surface area contributed by atoms with Gasteiger partial charge in [0, 0.05) is 38.6 Å². The van der Waals surface area contributed by atoms with E-state index in [0.717, 1.165) is 23.2 Å². The van der Waals surface area contributed by atoms with Crippen LogP contribution in [-0.2, 0) is 27.9 Å². The highest BCUT2D eigenvalue weighted by molar-refractivity contribution is 6.12. The third-order valence-electron chi connectivity index (χ3n) is 6.75. The minimum atomic E-state index is -0.859. The number of amides is 3. The highest BCUT2D eigenvalue weighted by atomic mass is 16.2. The van der Waals surface area contributed by atoms with Crippen LogP contribution in [-0.4, -0.2) is 50.5 Å². The van der Waals surface area contributed by atoms with E-state index in [1.54, 1.807) is 37.4 Å². The van der Waals surface area contributed by atoms with Crippen molar-refractivity contribution in [1.29, 1.82) is 0 Å². The zero-order valence-electron chi connectivity index (χ0n) is 20.6. The molecule has 0 aliphatic carbocycles. The lowest BCUT2D eigenvalue weighted by molar-refractivity contribution is -0.170. The van der Waals surface area contributed by atoms with Crippen molar-refractivity contribution >= 4 is 23.4 Å². The molecule has 0 radical (unpaired) electrons. The summed E-state index contributed by atoms with van der Waals surface area (Å²) in [5.74, 6) is -1.54. The molecule has 1 aliphatic heterocycles. The summed E-state index contributed by atoms with van der Waals surface area (Å²) in [6.07, 6.45) is 6.32. The van der Waals surface area contributed by atoms with Gasteiger partial charge < -0.3 is 4.90 Å². The second-order valence-corrected chi connectivity index (χ2v) is 9.15. The predicted octanol–water partition coefficient (Wildman–Crippen LogP) is 3.27. The SMILES string of the molecule is CC[C@@H](CC(=O)N1C(=O)[C@H](Cc2ccnc(C)c2)[C@H]1C(=O)N(C)c1cnn(C)c1)c1ccccc1. The van der Waals surface area contributed by atoms with Crippen LogP contribution in [0.4, 0.5) is 5.69 Å². The molecule has 1 aromatic carbocycles. The standard InChI is InChI=1S/C27H31N5O3/c1-5-20(21-9-7-6-8-10-21)15-24(33)32-25(27(35)31(4)22-16-29-30(3)17-22)23(26(32)34)14-19-11-12-28-18(2)13-19/h6-13,16-17,20,23,25H,5,14-15H2,1-4H3/t20-,23+,25-/m0/s1. The van der Waals surface area contributed by atoms with E-state index in [0.29, 0.717) is 12.1 Å². The number of benzene rings is 1. The number of aryl methyl sites for hydroxylation is 2. The zero-order chi connectivity index (χ0) is 25.1. The number of pyridine rings is 1. The van der Waals surface area contributed by atoms with Crippen LogP contribution in [0, 0.1) is 12.8 Å². The van der Waals surface area contributed by atoms with Gasteiger partial charge in [0.25, 0.3) is 5.91 Å². The molecule has 1 aliphatic rings. The van der Waals surface area contributed by atoms with Crippen LogP contribution in [0.25, 0.3) is 0 Å². The number of carbonyl (C=O) groups excluding carboxylic acids is 3. The Hall–Kier alpha value is -3.81. The van der Waals surface area contributed by atoms with Crippen molar-refractivity contribution in [2.24, 2.45) is 13.0 Å². The lowest BCUT2D eigenvalue weighted by atomic mass is 9.80. The van der Waals surface area contributed by atoms with Crippen molar-refractivity contribution in [2.75, 3.05) is 11.9 Å². The van der Waals surface area contributed by atoms with E-state index in [2.05, 4.69) is 10.1 Å². The van der Waals surface area contributed by atoms with E-state index in [4.69, 9.17) is 0 Å². The van der Waals surface area contributed by atoms with Crippen molar-refractivity contribution in [2.45, 2.75) is 45.1 Å². The van der Waals surface area contributed by atoms with Gasteiger partial charge >= 0.3 is 0 Å². The van der Waals surface area contributed by atoms with Gasteiger partial charge in [-0.2, -0.15) is 5.10 Å². The van der Waals surface area contributed by atoms with Crippen molar-refractivity contribution < 1.29 is 14.4 Å². The Labute approximate surface area is 205 Å². The van der Waals surface area contributed by atoms with Crippen LogP contribution in [0.15, 0.2) is 61.1 Å². The van der Waals surface area contributed by atoms with Crippen LogP contribution < -0.4 is 4.90 Å². The number of β-lactam (4-membered cyclic amide) rings is 1. The van der Waals surface area contributed by atoms with Gasteiger partial charge in [0.05, 0.1) is 17.8 Å². The molecule has 35 heavy (non-hydrogen) atoms. The number of rotatable bonds is 8. The Morgan fingerprint density at radius 1 is 1.17 bits per heavy atom. The molecule has 8 heteroatoms. The zero-order valence-corrected chi connectivity index (χ0v) is 20.6. The van der Waals surface area contributed by atoms with Gasteiger partial charge in [0.2, 0.25) is 11.8 Å². The number of hydrogen-bond acceptors (Lipinski definition) is 5. The molecule has 8 nitrogen and oxygen atoms in total. The summed E-state index contributed by atoms with van der Waals surface area (Å²) in [4.78, 5) is 47.2. The van der Waals surface area contributed by atoms with E-state index >= 15 is 0 Å². The molecule has 1 fully saturated rings. The number of likely N-dealkylation sites (N-methyl/N-ethyl adjacent to an activating group) is 1. The molecule has 3 aromatic rings. The molecule has 1 saturated heterocycles. The minimum absolute atomic E-state index is 0.0230. The number of nitrogens with zero attached hydrogens (tertiary/aromatic N) is 5. The average molecular weight is 474 g/mol. The summed E-state index contributed by atoms with van der Waals surface area (Å²) >= 11 is 0. The lowest BCUT2D eigenvalue weighted by Crippen LogP contribution is -2.69. The maximum Gasteiger partial charge on any atom is 0.250 e. The molecule has 3 amide bonds. The van der Waals surface area contributed by atoms with E-state index in [-0.39, 0.29) is 30.1 Å². The third-order valence-corrected chi connectivity index (χ3v) is 6.75. The van der Waals surface area contributed by atoms with Gasteiger partial charge in [-0.05, 0) is 48.9 Å². The second kappa shape index (κ2) is 10.2. The molecule has 2 aromatic heterocycles. The number of carbonyl (C=O) groups is 3. The van der Waals surface area contributed by atoms with Crippen molar-refractivity contribution in [3.8, 4) is 0 Å². The second-order valence-electron chi connectivity index (χ2n) is 9.15. The van der Waals surface area contributed by atoms with Gasteiger partial charge in [-0.25, -0.2) is 0 Å². The quantitative estimate of drug-likeness (QED) is 0.469. The van der Waals surface area contributed by atoms with E-state index in [9.17, 15) is 14.4 Å². The highest BCUT2D eigenvalue weighted by Crippen LogP contribution is 2.35. The fourth-order valence-electron chi connectivity index (χ4n) is 4.73. The topological polar surface area (TPSA) is 88.4 Å². The molecule has 182 valence electrons. The summed E-state index contributed by atoms with van der Waals surface area (Å²) < 4.78 is 1.61. The molecule has 0 spiro atoms. The van der Waals surface area contributed by atoms with Crippen LogP contribution >= 0.6 is 0 Å². The van der Waals surface area contributed by atoms with Crippen molar-refractivity contribution in [1.82, 2.24) is 19.7 Å². The largest absolute Gasteiger partial charge is 0.311 e. The fraction of sp³-hybridized carbons (Fsp3) is 0.370. The Morgan fingerprint density at radius 3 is 2.54 bits per heavy atom. The molecule has 0 unspecified atom stereocenters. The fourth-order valence-corrected chi connectivity index (χ4v) is 4.73. The first kappa shape index (κ1) is 24.3. The number of hydrogen-bond donors (Lipinski definition) is 0. The molecule has 0 bridgehead atoms. The van der Waals surface area contributed by atoms with Crippen molar-refractivity contribution in [3.63, 3.8) is 0 Å². The maximum absolute atomic E-state index is 13.6. The highest BCUT2D eigenvalue weighted by Gasteiger charge is 2.55. The van der Waals surface area contributed by atoms with Crippen LogP contribution in [0.2, 0.25) is 0 Å². The summed E-state index contributed by atoms with van der Waals surface area (Å²) in [6.45, 7) is 3.91. The molecule has 3 heterocycles. The first-order valence-corrected chi connectivity index (χ1v) is 11.9. The number of anilines is 1. The average Bonchev–Trinajstić information content (AvgIpc) is 3.29. The minimum Gasteiger partial charge on any atom is -0.311 e. The van der Waals surface area contributed by atoms with E-state index in [1.165, 1.54) is 9.80 Å². The summed E-state index contributed by atoms with van der Waals surface area (Å²) in [5, 5.41) is 4.14. The predicted molar refractivity (Wildman–Crippen MR) is 133 cm³/mol. The molecular formula is C27H31N5O3. The lowest BCUT2D eigenvalue weighted by Gasteiger charge is -2.46. The Balaban J connectivity index is 1.59. The van der Waals surface area contributed by atoms with Crippen molar-refractivity contribution in [3.05, 3.63) is 77.9 Å². The van der Waals surface area contributed by atoms with Gasteiger partial charge in [-0.1, -0.05) is 37.3 Å². The third kappa shape index (κ3) is 5.01. The number of imide groups is 1. The van der Waals surface area contributed by atoms with Crippen LogP contribution in [0.5, 0.6) is 0 Å². The first-order chi connectivity index (χ1) is 16.8. The van der Waals surface area contributed by atoms with E-state index < -0.39 is 12.0 Å². The first-order valence-electron chi connectivity index (χ1n) is 11.9. The molecule has 3 atom stereocenters. The van der Waals surface area contributed by atoms with Crippen LogP contribution in [0.1, 0.15) is 42.5 Å². The smallest absolute Gasteiger partial charge is 0.250 e. The van der Waals surface area contributed by atoms with E-state index in [1.807, 2.05) is 56.3 Å². The van der Waals surface area contributed by atoms with Gasteiger partial charge in [-0.3, -0.25) is 28.9 Å². The molecule has 0 saturated carbocycles. The van der Waals surface area contributed by atoms with Crippen LogP contribution in [0.3, 0.4) is 0 Å². The number of aromatic nitrogens is 3. The number of likely N-dealkylation sites (tertiary alicyclic amines) is 1. The molecule has 4 rings (SSSR count). The van der Waals surface area contributed by atoms with Gasteiger partial charge in [0.15, 0.2) is 0 Å². The molecule has 0 N–H and O–H groups in total. The summed E-state index contributed by atoms with van der Waals surface area (Å²) in [6, 6.07) is 12.7. The monoisotopic (exact) mass is 473 g/mol. The Morgan fingerprint density at radius 2 is 1.91 bits per heavy atom. The Bertz CT molecular complexity index is 1220. The summed E-state index contributed by atoms with van der Waals surface area (Å²) in [5.41, 5.74) is 3.42. The molecular weight excluding hydrogens is 442 g/mol. The normalized spacial score (nSPS) is 18.2. The summed E-state index contributed by atoms with van der Waals surface area (Å²) in [7, 11) is 3.42. The van der Waals surface area contributed by atoms with Gasteiger partial charge in [-0.15, -0.1) is 0 Å². The Kier molecular flexibility index (Phi) is 7.10. The maximum atomic E-state index is 13.6.